The Morgan fingerprint density at radius 3 is 2.47 bits per heavy atom. The van der Waals surface area contributed by atoms with Crippen molar-refractivity contribution in [1.82, 2.24) is 19.9 Å². The lowest BCUT2D eigenvalue weighted by Crippen LogP contribution is -2.49. The molecule has 0 spiro atoms. The maximum atomic E-state index is 13.4. The van der Waals surface area contributed by atoms with Gasteiger partial charge in [0.25, 0.3) is 5.91 Å². The van der Waals surface area contributed by atoms with Crippen LogP contribution in [0.15, 0.2) is 53.1 Å². The van der Waals surface area contributed by atoms with Gasteiger partial charge < -0.3 is 9.42 Å². The molecule has 32 heavy (non-hydrogen) atoms. The first-order valence-corrected chi connectivity index (χ1v) is 10.0. The zero-order valence-corrected chi connectivity index (χ0v) is 17.1. The minimum absolute atomic E-state index is 0.0814. The van der Waals surface area contributed by atoms with Gasteiger partial charge >= 0.3 is 6.18 Å². The maximum absolute atomic E-state index is 13.4. The van der Waals surface area contributed by atoms with E-state index in [2.05, 4.69) is 10.1 Å². The average molecular weight is 448 g/mol. The van der Waals surface area contributed by atoms with Crippen molar-refractivity contribution in [3.05, 3.63) is 71.4 Å². The van der Waals surface area contributed by atoms with Crippen LogP contribution in [0.3, 0.4) is 0 Å². The topological polar surface area (TPSA) is 62.5 Å². The van der Waals surface area contributed by atoms with Crippen LogP contribution in [0.5, 0.6) is 0 Å². The summed E-state index contributed by atoms with van der Waals surface area (Å²) < 4.78 is 57.6. The molecular weight excluding hydrogens is 428 g/mol. The Morgan fingerprint density at radius 1 is 1.06 bits per heavy atom. The molecule has 3 aromatic rings. The number of halogens is 4. The predicted octanol–water partition coefficient (Wildman–Crippen LogP) is 4.41. The summed E-state index contributed by atoms with van der Waals surface area (Å²) in [6.07, 6.45) is -4.46. The summed E-state index contributed by atoms with van der Waals surface area (Å²) in [6.45, 7) is 3.79. The van der Waals surface area contributed by atoms with Crippen molar-refractivity contribution in [2.45, 2.75) is 19.1 Å². The molecule has 0 N–H and O–H groups in total. The number of alkyl halides is 3. The number of aromatic nitrogens is 2. The van der Waals surface area contributed by atoms with Crippen LogP contribution >= 0.6 is 0 Å². The molecule has 1 aromatic heterocycles. The van der Waals surface area contributed by atoms with Crippen LogP contribution in [0.2, 0.25) is 0 Å². The predicted molar refractivity (Wildman–Crippen MR) is 107 cm³/mol. The van der Waals surface area contributed by atoms with E-state index >= 15 is 0 Å². The lowest BCUT2D eigenvalue weighted by molar-refractivity contribution is -0.137. The zero-order chi connectivity index (χ0) is 22.9. The Kier molecular flexibility index (Phi) is 5.96. The second-order valence-electron chi connectivity index (χ2n) is 7.55. The van der Waals surface area contributed by atoms with Crippen LogP contribution in [0.4, 0.5) is 17.6 Å². The Labute approximate surface area is 181 Å². The van der Waals surface area contributed by atoms with Crippen LogP contribution in [0.25, 0.3) is 11.4 Å². The molecule has 168 valence electrons. The highest BCUT2D eigenvalue weighted by molar-refractivity contribution is 5.94. The number of carbonyl (C=O) groups is 1. The maximum Gasteiger partial charge on any atom is 0.416 e. The fraction of sp³-hybridized carbons (Fsp3) is 0.318. The fourth-order valence-electron chi connectivity index (χ4n) is 3.63. The van der Waals surface area contributed by atoms with Crippen molar-refractivity contribution in [2.75, 3.05) is 26.2 Å². The van der Waals surface area contributed by atoms with E-state index in [9.17, 15) is 22.4 Å². The summed E-state index contributed by atoms with van der Waals surface area (Å²) >= 11 is 0. The molecule has 0 bridgehead atoms. The third kappa shape index (κ3) is 4.64. The lowest BCUT2D eigenvalue weighted by Gasteiger charge is -2.36. The quantitative estimate of drug-likeness (QED) is 0.554. The number of benzene rings is 2. The van der Waals surface area contributed by atoms with Gasteiger partial charge in [0.2, 0.25) is 11.7 Å². The molecule has 2 aromatic carbocycles. The van der Waals surface area contributed by atoms with E-state index in [-0.39, 0.29) is 29.2 Å². The molecule has 6 nitrogen and oxygen atoms in total. The van der Waals surface area contributed by atoms with Crippen LogP contribution in [0, 0.1) is 5.82 Å². The normalized spacial score (nSPS) is 16.2. The third-order valence-corrected chi connectivity index (χ3v) is 5.47. The molecule has 0 aliphatic carbocycles. The zero-order valence-electron chi connectivity index (χ0n) is 17.1. The molecule has 1 aliphatic rings. The van der Waals surface area contributed by atoms with Gasteiger partial charge in [0.1, 0.15) is 5.82 Å². The Balaban J connectivity index is 1.41. The van der Waals surface area contributed by atoms with Crippen LogP contribution in [0.1, 0.15) is 34.8 Å². The molecule has 1 saturated heterocycles. The number of carbonyl (C=O) groups excluding carboxylic acids is 1. The van der Waals surface area contributed by atoms with E-state index in [0.29, 0.717) is 31.7 Å². The van der Waals surface area contributed by atoms with Crippen molar-refractivity contribution >= 4 is 5.91 Å². The minimum Gasteiger partial charge on any atom is -0.337 e. The second-order valence-corrected chi connectivity index (χ2v) is 7.55. The van der Waals surface area contributed by atoms with Gasteiger partial charge in [-0.05, 0) is 37.3 Å². The number of piperazine rings is 1. The summed E-state index contributed by atoms with van der Waals surface area (Å²) in [5, 5.41) is 3.84. The van der Waals surface area contributed by atoms with Crippen molar-refractivity contribution in [3.63, 3.8) is 0 Å². The second kappa shape index (κ2) is 8.70. The molecule has 1 amide bonds. The van der Waals surface area contributed by atoms with Crippen molar-refractivity contribution in [1.29, 1.82) is 0 Å². The van der Waals surface area contributed by atoms with Gasteiger partial charge in [-0.2, -0.15) is 18.2 Å². The van der Waals surface area contributed by atoms with Gasteiger partial charge in [0.05, 0.1) is 11.6 Å². The largest absolute Gasteiger partial charge is 0.416 e. The van der Waals surface area contributed by atoms with Gasteiger partial charge in [0, 0.05) is 37.3 Å². The molecule has 0 radical (unpaired) electrons. The highest BCUT2D eigenvalue weighted by Crippen LogP contribution is 2.32. The Morgan fingerprint density at radius 2 is 1.78 bits per heavy atom. The Bertz CT molecular complexity index is 1110. The van der Waals surface area contributed by atoms with Crippen LogP contribution in [-0.2, 0) is 6.18 Å². The third-order valence-electron chi connectivity index (χ3n) is 5.47. The molecule has 2 heterocycles. The van der Waals surface area contributed by atoms with Crippen LogP contribution < -0.4 is 0 Å². The number of rotatable bonds is 4. The van der Waals surface area contributed by atoms with Crippen molar-refractivity contribution < 1.29 is 26.9 Å². The van der Waals surface area contributed by atoms with Crippen molar-refractivity contribution in [3.8, 4) is 11.4 Å². The molecule has 1 atom stereocenters. The number of hydrogen-bond donors (Lipinski definition) is 0. The van der Waals surface area contributed by atoms with E-state index in [1.165, 1.54) is 30.3 Å². The number of hydrogen-bond acceptors (Lipinski definition) is 5. The molecule has 1 unspecified atom stereocenters. The van der Waals surface area contributed by atoms with Gasteiger partial charge in [-0.1, -0.05) is 23.4 Å². The smallest absolute Gasteiger partial charge is 0.337 e. The average Bonchev–Trinajstić information content (AvgIpc) is 3.28. The Hall–Kier alpha value is -3.27. The highest BCUT2D eigenvalue weighted by atomic mass is 19.4. The van der Waals surface area contributed by atoms with Gasteiger partial charge in [-0.3, -0.25) is 9.69 Å². The molecule has 1 fully saturated rings. The monoisotopic (exact) mass is 448 g/mol. The number of nitrogens with zero attached hydrogens (tertiary/aromatic N) is 4. The van der Waals surface area contributed by atoms with Gasteiger partial charge in [-0.15, -0.1) is 0 Å². The van der Waals surface area contributed by atoms with Crippen molar-refractivity contribution in [2.24, 2.45) is 0 Å². The molecular formula is C22H20F4N4O2. The fourth-order valence-corrected chi connectivity index (χ4v) is 3.63. The van der Waals surface area contributed by atoms with E-state index < -0.39 is 17.6 Å². The standard InChI is InChI=1S/C22H20F4N4O2/c1-14(20-27-19(28-32-20)15-4-2-6-17(12-15)22(24,25)26)29-8-10-30(11-9-29)21(31)16-5-3-7-18(23)13-16/h2-7,12-14H,8-11H2,1H3. The SMILES string of the molecule is CC(c1nc(-c2cccc(C(F)(F)F)c2)no1)N1CCN(C(=O)c2cccc(F)c2)CC1. The van der Waals surface area contributed by atoms with Gasteiger partial charge in [0.15, 0.2) is 0 Å². The summed E-state index contributed by atoms with van der Waals surface area (Å²) in [7, 11) is 0. The van der Waals surface area contributed by atoms with E-state index in [0.717, 1.165) is 12.1 Å². The first-order valence-electron chi connectivity index (χ1n) is 10.0. The highest BCUT2D eigenvalue weighted by Gasteiger charge is 2.31. The summed E-state index contributed by atoms with van der Waals surface area (Å²) in [5.74, 6) is -0.335. The lowest BCUT2D eigenvalue weighted by atomic mass is 10.1. The van der Waals surface area contributed by atoms with E-state index in [1.54, 1.807) is 11.0 Å². The minimum atomic E-state index is -4.46. The molecule has 4 rings (SSSR count). The summed E-state index contributed by atoms with van der Waals surface area (Å²) in [5.41, 5.74) is -0.268. The number of amides is 1. The van der Waals surface area contributed by atoms with Gasteiger partial charge in [-0.25, -0.2) is 4.39 Å². The van der Waals surface area contributed by atoms with E-state index in [4.69, 9.17) is 4.52 Å². The molecule has 1 aliphatic heterocycles. The first-order chi connectivity index (χ1) is 15.2. The summed E-state index contributed by atoms with van der Waals surface area (Å²) in [4.78, 5) is 20.6. The van der Waals surface area contributed by atoms with Crippen LogP contribution in [-0.4, -0.2) is 52.0 Å². The molecule has 10 heteroatoms. The molecule has 0 saturated carbocycles. The summed E-state index contributed by atoms with van der Waals surface area (Å²) in [6, 6.07) is 10.0. The first kappa shape index (κ1) is 21.9. The van der Waals surface area contributed by atoms with E-state index in [1.807, 2.05) is 11.8 Å².